The first-order valence-electron chi connectivity index (χ1n) is 4.15. The Balaban J connectivity index is 2.88. The molecule has 5 nitrogen and oxygen atoms in total. The summed E-state index contributed by atoms with van der Waals surface area (Å²) in [5.41, 5.74) is 6.18. The Morgan fingerprint density at radius 1 is 1.57 bits per heavy atom. The van der Waals surface area contributed by atoms with E-state index in [9.17, 15) is 9.90 Å². The molecule has 0 aliphatic rings. The number of pyridine rings is 1. The van der Waals surface area contributed by atoms with Crippen LogP contribution in [0.4, 0.5) is 0 Å². The number of nitrogens with two attached hydrogens (primary N) is 1. The molecule has 1 aromatic heterocycles. The SMILES string of the molecule is C[C@@H](O)[C@@H](N)c1ccc(C(=O)O)cn1. The van der Waals surface area contributed by atoms with E-state index in [4.69, 9.17) is 10.8 Å². The number of aliphatic hydroxyl groups excluding tert-OH is 1. The average Bonchev–Trinajstić information content (AvgIpc) is 2.16. The Morgan fingerprint density at radius 3 is 2.57 bits per heavy atom. The molecular weight excluding hydrogens is 184 g/mol. The summed E-state index contributed by atoms with van der Waals surface area (Å²) in [7, 11) is 0. The highest BCUT2D eigenvalue weighted by Gasteiger charge is 2.13. The first-order valence-corrected chi connectivity index (χ1v) is 4.15. The van der Waals surface area contributed by atoms with Gasteiger partial charge in [0.2, 0.25) is 0 Å². The summed E-state index contributed by atoms with van der Waals surface area (Å²) in [6, 6.07) is 2.33. The molecule has 0 fully saturated rings. The van der Waals surface area contributed by atoms with E-state index in [1.807, 2.05) is 0 Å². The van der Waals surface area contributed by atoms with E-state index in [1.165, 1.54) is 18.3 Å². The number of nitrogens with zero attached hydrogens (tertiary/aromatic N) is 1. The maximum atomic E-state index is 10.5. The maximum Gasteiger partial charge on any atom is 0.337 e. The lowest BCUT2D eigenvalue weighted by atomic mass is 10.1. The van der Waals surface area contributed by atoms with Crippen LogP contribution in [-0.2, 0) is 0 Å². The van der Waals surface area contributed by atoms with E-state index in [0.29, 0.717) is 5.69 Å². The number of aromatic carboxylic acids is 1. The summed E-state index contributed by atoms with van der Waals surface area (Å²) in [6.45, 7) is 1.55. The van der Waals surface area contributed by atoms with Gasteiger partial charge in [-0.15, -0.1) is 0 Å². The van der Waals surface area contributed by atoms with Gasteiger partial charge in [0.15, 0.2) is 0 Å². The van der Waals surface area contributed by atoms with Crippen molar-refractivity contribution in [3.63, 3.8) is 0 Å². The minimum atomic E-state index is -1.03. The second-order valence-corrected chi connectivity index (χ2v) is 3.04. The van der Waals surface area contributed by atoms with Gasteiger partial charge in [-0.2, -0.15) is 0 Å². The van der Waals surface area contributed by atoms with Crippen LogP contribution in [0.2, 0.25) is 0 Å². The first-order chi connectivity index (χ1) is 6.52. The second kappa shape index (κ2) is 4.17. The molecule has 0 aliphatic carbocycles. The summed E-state index contributed by atoms with van der Waals surface area (Å²) < 4.78 is 0. The lowest BCUT2D eigenvalue weighted by Gasteiger charge is -2.13. The molecule has 0 bridgehead atoms. The Kier molecular flexibility index (Phi) is 3.16. The van der Waals surface area contributed by atoms with Crippen molar-refractivity contribution in [3.8, 4) is 0 Å². The van der Waals surface area contributed by atoms with Crippen LogP contribution in [0, 0.1) is 0 Å². The molecule has 4 N–H and O–H groups in total. The lowest BCUT2D eigenvalue weighted by Crippen LogP contribution is -2.24. The van der Waals surface area contributed by atoms with E-state index in [1.54, 1.807) is 6.92 Å². The third-order valence-corrected chi connectivity index (χ3v) is 1.89. The molecule has 0 amide bonds. The normalized spacial score (nSPS) is 14.8. The zero-order valence-corrected chi connectivity index (χ0v) is 7.71. The molecule has 0 aromatic carbocycles. The standard InChI is InChI=1S/C9H12N2O3/c1-5(12)8(10)7-3-2-6(4-11-7)9(13)14/h2-5,8,12H,10H2,1H3,(H,13,14)/t5-,8-/m1/s1. The summed E-state index contributed by atoms with van der Waals surface area (Å²) >= 11 is 0. The highest BCUT2D eigenvalue weighted by Crippen LogP contribution is 2.11. The van der Waals surface area contributed by atoms with Crippen molar-refractivity contribution in [3.05, 3.63) is 29.6 Å². The van der Waals surface area contributed by atoms with Gasteiger partial charge in [0.05, 0.1) is 23.4 Å². The van der Waals surface area contributed by atoms with Crippen LogP contribution in [0.25, 0.3) is 0 Å². The van der Waals surface area contributed by atoms with Crippen molar-refractivity contribution in [2.45, 2.75) is 19.1 Å². The first kappa shape index (κ1) is 10.6. The van der Waals surface area contributed by atoms with Crippen LogP contribution >= 0.6 is 0 Å². The molecule has 5 heteroatoms. The Labute approximate surface area is 81.2 Å². The van der Waals surface area contributed by atoms with Crippen molar-refractivity contribution in [2.75, 3.05) is 0 Å². The van der Waals surface area contributed by atoms with E-state index in [2.05, 4.69) is 4.98 Å². The Morgan fingerprint density at radius 2 is 2.21 bits per heavy atom. The average molecular weight is 196 g/mol. The van der Waals surface area contributed by atoms with E-state index in [0.717, 1.165) is 0 Å². The van der Waals surface area contributed by atoms with Crippen molar-refractivity contribution in [2.24, 2.45) is 5.73 Å². The van der Waals surface area contributed by atoms with Gasteiger partial charge in [0, 0.05) is 6.20 Å². The molecule has 0 aliphatic heterocycles. The summed E-state index contributed by atoms with van der Waals surface area (Å²) in [5, 5.41) is 17.8. The van der Waals surface area contributed by atoms with Crippen molar-refractivity contribution >= 4 is 5.97 Å². The van der Waals surface area contributed by atoms with Gasteiger partial charge in [0.25, 0.3) is 0 Å². The highest BCUT2D eigenvalue weighted by molar-refractivity contribution is 5.87. The van der Waals surface area contributed by atoms with Crippen LogP contribution < -0.4 is 5.73 Å². The second-order valence-electron chi connectivity index (χ2n) is 3.04. The minimum absolute atomic E-state index is 0.103. The molecule has 0 saturated heterocycles. The van der Waals surface area contributed by atoms with Crippen LogP contribution in [-0.4, -0.2) is 27.3 Å². The number of hydrogen-bond acceptors (Lipinski definition) is 4. The molecule has 0 radical (unpaired) electrons. The van der Waals surface area contributed by atoms with Gasteiger partial charge in [-0.25, -0.2) is 4.79 Å². The Hall–Kier alpha value is -1.46. The molecule has 1 rings (SSSR count). The fourth-order valence-electron chi connectivity index (χ4n) is 0.976. The van der Waals surface area contributed by atoms with E-state index < -0.39 is 18.1 Å². The molecule has 2 atom stereocenters. The molecular formula is C9H12N2O3. The van der Waals surface area contributed by atoms with Gasteiger partial charge in [-0.05, 0) is 19.1 Å². The number of carboxylic acid groups (broad SMARTS) is 1. The fourth-order valence-corrected chi connectivity index (χ4v) is 0.976. The number of aromatic nitrogens is 1. The molecule has 0 saturated carbocycles. The molecule has 76 valence electrons. The number of hydrogen-bond donors (Lipinski definition) is 3. The van der Waals surface area contributed by atoms with Gasteiger partial charge >= 0.3 is 5.97 Å². The predicted molar refractivity (Wildman–Crippen MR) is 49.8 cm³/mol. The predicted octanol–water partition coefficient (Wildman–Crippen LogP) is 0.160. The Bertz CT molecular complexity index is 321. The smallest absolute Gasteiger partial charge is 0.337 e. The van der Waals surface area contributed by atoms with Crippen LogP contribution in [0.5, 0.6) is 0 Å². The summed E-state index contributed by atoms with van der Waals surface area (Å²) in [5.74, 6) is -1.03. The van der Waals surface area contributed by atoms with Crippen molar-refractivity contribution in [1.82, 2.24) is 4.98 Å². The highest BCUT2D eigenvalue weighted by atomic mass is 16.4. The van der Waals surface area contributed by atoms with Crippen molar-refractivity contribution < 1.29 is 15.0 Å². The zero-order chi connectivity index (χ0) is 10.7. The van der Waals surface area contributed by atoms with Gasteiger partial charge in [0.1, 0.15) is 0 Å². The maximum absolute atomic E-state index is 10.5. The molecule has 1 heterocycles. The van der Waals surface area contributed by atoms with Crippen LogP contribution in [0.1, 0.15) is 29.0 Å². The molecule has 1 aromatic rings. The molecule has 14 heavy (non-hydrogen) atoms. The molecule has 0 unspecified atom stereocenters. The van der Waals surface area contributed by atoms with E-state index >= 15 is 0 Å². The van der Waals surface area contributed by atoms with Gasteiger partial charge in [-0.1, -0.05) is 0 Å². The third-order valence-electron chi connectivity index (χ3n) is 1.89. The fraction of sp³-hybridized carbons (Fsp3) is 0.333. The topological polar surface area (TPSA) is 96.4 Å². The van der Waals surface area contributed by atoms with E-state index in [-0.39, 0.29) is 5.56 Å². The third kappa shape index (κ3) is 2.27. The van der Waals surface area contributed by atoms with Crippen molar-refractivity contribution in [1.29, 1.82) is 0 Å². The number of carboxylic acids is 1. The zero-order valence-electron chi connectivity index (χ0n) is 7.71. The summed E-state index contributed by atoms with van der Waals surface area (Å²) in [4.78, 5) is 14.4. The van der Waals surface area contributed by atoms with Crippen LogP contribution in [0.3, 0.4) is 0 Å². The number of rotatable bonds is 3. The molecule has 0 spiro atoms. The quantitative estimate of drug-likeness (QED) is 0.639. The van der Waals surface area contributed by atoms with Gasteiger partial charge in [-0.3, -0.25) is 4.98 Å². The minimum Gasteiger partial charge on any atom is -0.478 e. The van der Waals surface area contributed by atoms with Crippen LogP contribution in [0.15, 0.2) is 18.3 Å². The monoisotopic (exact) mass is 196 g/mol. The number of carbonyl (C=O) groups is 1. The lowest BCUT2D eigenvalue weighted by molar-refractivity contribution is 0.0696. The van der Waals surface area contributed by atoms with Gasteiger partial charge < -0.3 is 15.9 Å². The summed E-state index contributed by atoms with van der Waals surface area (Å²) in [6.07, 6.45) is 0.512. The number of aliphatic hydroxyl groups is 1. The largest absolute Gasteiger partial charge is 0.478 e.